The van der Waals surface area contributed by atoms with Crippen molar-refractivity contribution in [3.63, 3.8) is 0 Å². The molecule has 2 aromatic rings. The summed E-state index contributed by atoms with van der Waals surface area (Å²) in [5.74, 6) is -4.86. The van der Waals surface area contributed by atoms with E-state index in [1.807, 2.05) is 35.2 Å². The highest BCUT2D eigenvalue weighted by molar-refractivity contribution is 5.94. The van der Waals surface area contributed by atoms with Gasteiger partial charge in [0.15, 0.2) is 0 Å². The molecule has 0 saturated carbocycles. The molecule has 12 heteroatoms. The van der Waals surface area contributed by atoms with E-state index < -0.39 is 24.1 Å². The third-order valence-corrected chi connectivity index (χ3v) is 4.02. The predicted molar refractivity (Wildman–Crippen MR) is 109 cm³/mol. The first-order chi connectivity index (χ1) is 15.4. The summed E-state index contributed by atoms with van der Waals surface area (Å²) >= 11 is 0. The van der Waals surface area contributed by atoms with Gasteiger partial charge >= 0.3 is 24.1 Å². The number of nitrogens with zero attached hydrogens (tertiary/aromatic N) is 1. The van der Waals surface area contributed by atoms with Crippen LogP contribution >= 0.6 is 0 Å². The smallest absolute Gasteiger partial charge is 0.478 e. The highest BCUT2D eigenvalue weighted by Crippen LogP contribution is 2.13. The summed E-state index contributed by atoms with van der Waals surface area (Å²) in [7, 11) is 0. The Hall–Kier alpha value is -3.93. The van der Waals surface area contributed by atoms with E-state index in [9.17, 15) is 27.6 Å². The highest BCUT2D eigenvalue weighted by Gasteiger charge is 2.38. The average Bonchev–Trinajstić information content (AvgIpc) is 2.80. The molecule has 1 saturated heterocycles. The summed E-state index contributed by atoms with van der Waals surface area (Å²) in [5, 5.41) is 27.3. The van der Waals surface area contributed by atoms with Crippen LogP contribution in [0.2, 0.25) is 0 Å². The Bertz CT molecular complexity index is 931. The monoisotopic (exact) mass is 470 g/mol. The highest BCUT2D eigenvalue weighted by atomic mass is 19.4. The number of hydrogen-bond donors (Lipinski definition) is 4. The van der Waals surface area contributed by atoms with Crippen molar-refractivity contribution in [2.24, 2.45) is 0 Å². The van der Waals surface area contributed by atoms with Crippen molar-refractivity contribution in [1.29, 1.82) is 0 Å². The van der Waals surface area contributed by atoms with Crippen molar-refractivity contribution in [1.82, 2.24) is 10.2 Å². The summed E-state index contributed by atoms with van der Waals surface area (Å²) in [5.41, 5.74) is 0.749. The number of carboxylic acid groups (broad SMARTS) is 3. The molecule has 1 aliphatic rings. The van der Waals surface area contributed by atoms with Crippen LogP contribution in [-0.4, -0.2) is 76.4 Å². The summed E-state index contributed by atoms with van der Waals surface area (Å²) in [6.07, 6.45) is -5.08. The van der Waals surface area contributed by atoms with Crippen LogP contribution in [0, 0.1) is 0 Å². The van der Waals surface area contributed by atoms with Gasteiger partial charge in [0.25, 0.3) is 5.91 Å². The number of rotatable bonds is 3. The minimum atomic E-state index is -5.08. The van der Waals surface area contributed by atoms with Gasteiger partial charge in [-0.3, -0.25) is 4.79 Å². The molecule has 0 spiro atoms. The van der Waals surface area contributed by atoms with Gasteiger partial charge in [-0.1, -0.05) is 24.3 Å². The molecule has 0 unspecified atom stereocenters. The van der Waals surface area contributed by atoms with E-state index in [4.69, 9.17) is 20.1 Å². The lowest BCUT2D eigenvalue weighted by Crippen LogP contribution is -2.46. The molecule has 3 rings (SSSR count). The Morgan fingerprint density at radius 1 is 0.758 bits per heavy atom. The zero-order valence-electron chi connectivity index (χ0n) is 17.1. The fourth-order valence-electron chi connectivity index (χ4n) is 2.42. The number of carbonyl (C=O) groups is 4. The topological polar surface area (TPSA) is 144 Å². The zero-order valence-corrected chi connectivity index (χ0v) is 17.1. The molecule has 1 aliphatic heterocycles. The third-order valence-electron chi connectivity index (χ3n) is 4.02. The van der Waals surface area contributed by atoms with Gasteiger partial charge in [-0.2, -0.15) is 13.2 Å². The maximum Gasteiger partial charge on any atom is 0.490 e. The van der Waals surface area contributed by atoms with Gasteiger partial charge in [-0.05, 0) is 30.3 Å². The molecule has 0 atom stereocenters. The van der Waals surface area contributed by atoms with Gasteiger partial charge < -0.3 is 25.5 Å². The SMILES string of the molecule is O=C(O)C(F)(F)F.O=C(O)c1cccc(C(=O)O)c1.O=C(c1ccccc1)N1CCNCC1. The van der Waals surface area contributed by atoms with Crippen molar-refractivity contribution in [3.8, 4) is 0 Å². The van der Waals surface area contributed by atoms with Gasteiger partial charge in [0, 0.05) is 31.7 Å². The first-order valence-corrected chi connectivity index (χ1v) is 9.35. The van der Waals surface area contributed by atoms with Gasteiger partial charge in [0.05, 0.1) is 11.1 Å². The molecule has 0 aliphatic carbocycles. The summed E-state index contributed by atoms with van der Waals surface area (Å²) < 4.78 is 31.7. The predicted octanol–water partition coefficient (Wildman–Crippen LogP) is 2.45. The lowest BCUT2D eigenvalue weighted by molar-refractivity contribution is -0.192. The summed E-state index contributed by atoms with van der Waals surface area (Å²) in [6, 6.07) is 14.6. The van der Waals surface area contributed by atoms with E-state index in [0.29, 0.717) is 0 Å². The molecular formula is C21H21F3N2O7. The first kappa shape index (κ1) is 27.1. The fraction of sp³-hybridized carbons (Fsp3) is 0.238. The molecule has 4 N–H and O–H groups in total. The Kier molecular flexibility index (Phi) is 10.5. The number of carbonyl (C=O) groups excluding carboxylic acids is 1. The number of aliphatic carboxylic acids is 1. The molecule has 1 heterocycles. The standard InChI is InChI=1S/C11H14N2O.C8H6O4.C2HF3O2/c14-11(10-4-2-1-3-5-10)13-8-6-12-7-9-13;9-7(10)5-2-1-3-6(4-5)8(11)12;3-2(4,5)1(6)7/h1-5,12H,6-9H2;1-4H,(H,9,10)(H,11,12);(H,6,7). The van der Waals surface area contributed by atoms with Crippen molar-refractivity contribution in [2.75, 3.05) is 26.2 Å². The van der Waals surface area contributed by atoms with Crippen LogP contribution in [0.15, 0.2) is 54.6 Å². The fourth-order valence-corrected chi connectivity index (χ4v) is 2.42. The Labute approximate surface area is 186 Å². The van der Waals surface area contributed by atoms with Crippen molar-refractivity contribution in [2.45, 2.75) is 6.18 Å². The van der Waals surface area contributed by atoms with Gasteiger partial charge in [0.2, 0.25) is 0 Å². The number of hydrogen-bond acceptors (Lipinski definition) is 5. The molecule has 1 amide bonds. The molecule has 1 fully saturated rings. The average molecular weight is 470 g/mol. The quantitative estimate of drug-likeness (QED) is 0.536. The van der Waals surface area contributed by atoms with Crippen LogP contribution in [0.5, 0.6) is 0 Å². The number of aromatic carboxylic acids is 2. The number of alkyl halides is 3. The zero-order chi connectivity index (χ0) is 25.0. The second-order valence-corrected chi connectivity index (χ2v) is 6.40. The number of piperazine rings is 1. The van der Waals surface area contributed by atoms with Crippen LogP contribution in [0.25, 0.3) is 0 Å². The van der Waals surface area contributed by atoms with E-state index in [0.717, 1.165) is 37.8 Å². The number of amides is 1. The summed E-state index contributed by atoms with van der Waals surface area (Å²) in [6.45, 7) is 3.43. The van der Waals surface area contributed by atoms with Gasteiger partial charge in [-0.15, -0.1) is 0 Å². The number of benzene rings is 2. The number of carboxylic acids is 3. The van der Waals surface area contributed by atoms with Crippen LogP contribution in [0.1, 0.15) is 31.1 Å². The van der Waals surface area contributed by atoms with Crippen molar-refractivity contribution >= 4 is 23.8 Å². The number of halogens is 3. The number of nitrogens with one attached hydrogen (secondary N) is 1. The van der Waals surface area contributed by atoms with E-state index >= 15 is 0 Å². The maximum absolute atomic E-state index is 11.9. The molecule has 9 nitrogen and oxygen atoms in total. The van der Waals surface area contributed by atoms with E-state index in [-0.39, 0.29) is 17.0 Å². The summed E-state index contributed by atoms with van der Waals surface area (Å²) in [4.78, 5) is 43.5. The molecule has 2 aromatic carbocycles. The van der Waals surface area contributed by atoms with E-state index in [1.165, 1.54) is 18.2 Å². The van der Waals surface area contributed by atoms with Crippen LogP contribution < -0.4 is 5.32 Å². The van der Waals surface area contributed by atoms with Crippen LogP contribution in [0.3, 0.4) is 0 Å². The molecule has 178 valence electrons. The van der Waals surface area contributed by atoms with Crippen LogP contribution in [-0.2, 0) is 4.79 Å². The Morgan fingerprint density at radius 2 is 1.18 bits per heavy atom. The molecule has 0 bridgehead atoms. The minimum Gasteiger partial charge on any atom is -0.478 e. The van der Waals surface area contributed by atoms with Gasteiger partial charge in [-0.25, -0.2) is 14.4 Å². The Balaban J connectivity index is 0.000000263. The second-order valence-electron chi connectivity index (χ2n) is 6.40. The third kappa shape index (κ3) is 9.82. The van der Waals surface area contributed by atoms with Crippen molar-refractivity contribution in [3.05, 3.63) is 71.3 Å². The Morgan fingerprint density at radius 3 is 1.58 bits per heavy atom. The molecular weight excluding hydrogens is 449 g/mol. The van der Waals surface area contributed by atoms with Crippen LogP contribution in [0.4, 0.5) is 13.2 Å². The van der Waals surface area contributed by atoms with E-state index in [1.54, 1.807) is 0 Å². The molecule has 0 radical (unpaired) electrons. The van der Waals surface area contributed by atoms with Crippen molar-refractivity contribution < 1.29 is 47.7 Å². The normalized spacial score (nSPS) is 12.9. The maximum atomic E-state index is 11.9. The minimum absolute atomic E-state index is 0.0186. The lowest BCUT2D eigenvalue weighted by Gasteiger charge is -2.27. The van der Waals surface area contributed by atoms with E-state index in [2.05, 4.69) is 5.32 Å². The molecule has 33 heavy (non-hydrogen) atoms. The lowest BCUT2D eigenvalue weighted by atomic mass is 10.1. The van der Waals surface area contributed by atoms with Gasteiger partial charge in [0.1, 0.15) is 0 Å². The largest absolute Gasteiger partial charge is 0.490 e. The molecule has 0 aromatic heterocycles. The second kappa shape index (κ2) is 12.8. The first-order valence-electron chi connectivity index (χ1n) is 9.35.